The van der Waals surface area contributed by atoms with Crippen molar-refractivity contribution in [1.82, 2.24) is 25.8 Å². The zero-order valence-corrected chi connectivity index (χ0v) is 41.5. The lowest BCUT2D eigenvalue weighted by atomic mass is 9.85. The molecule has 1 aromatic heterocycles. The van der Waals surface area contributed by atoms with Crippen LogP contribution in [-0.2, 0) is 46.3 Å². The van der Waals surface area contributed by atoms with Gasteiger partial charge in [-0.15, -0.1) is 23.7 Å². The number of primary amides is 1. The normalized spacial score (nSPS) is 20.2. The molecule has 6 amide bonds. The summed E-state index contributed by atoms with van der Waals surface area (Å²) in [6.07, 6.45) is 8.18. The van der Waals surface area contributed by atoms with Crippen LogP contribution in [0.2, 0.25) is 0 Å². The summed E-state index contributed by atoms with van der Waals surface area (Å²) < 4.78 is 5.88. The zero-order chi connectivity index (χ0) is 48.4. The second-order valence-electron chi connectivity index (χ2n) is 19.2. The van der Waals surface area contributed by atoms with E-state index in [-0.39, 0.29) is 87.5 Å². The predicted molar refractivity (Wildman–Crippen MR) is 265 cm³/mol. The number of amides is 6. The van der Waals surface area contributed by atoms with Crippen molar-refractivity contribution in [3.05, 3.63) is 82.5 Å². The highest BCUT2D eigenvalue weighted by molar-refractivity contribution is 7.13. The summed E-state index contributed by atoms with van der Waals surface area (Å²) in [4.78, 5) is 88.0. The number of aryl methyl sites for hydroxylation is 2. The minimum absolute atomic E-state index is 0. The molecule has 18 heteroatoms. The monoisotopic (exact) mass is 976 g/mol. The number of benzene rings is 2. The summed E-state index contributed by atoms with van der Waals surface area (Å²) in [6, 6.07) is 9.70. The zero-order valence-electron chi connectivity index (χ0n) is 39.8. The number of β-amino-alcohol motifs (C(OH)–C–C–N with tert-alkyl or cyclic N) is 1. The number of rotatable bonds is 21. The maximum absolute atomic E-state index is 14.1. The summed E-state index contributed by atoms with van der Waals surface area (Å²) in [7, 11) is 0. The van der Waals surface area contributed by atoms with Gasteiger partial charge in [-0.05, 0) is 80.0 Å². The van der Waals surface area contributed by atoms with Gasteiger partial charge in [0.25, 0.3) is 0 Å². The average molecular weight is 978 g/mol. The number of hydrogen-bond donors (Lipinski definition) is 6. The van der Waals surface area contributed by atoms with E-state index in [1.165, 1.54) is 4.90 Å². The standard InChI is InChI=1S/C50H68N8O8S.ClH/c1-30(32-16-18-34(19-17-32)44-31(2)53-29-67-44)54-46(62)39-26-37(59)27-57(39)49(65)45(50(3,4)5)56-42(61)15-10-8-6-7-9-11-24-66-28-36(21-23-41(52)60)55-47(63)40-25-35-14-12-13-33-20-22-38(51)48(64)58(40)43(33)35;/h9,11-14,16-19,29-30,36-40,45,59H,6-8,10,15,20-28,51H2,1-5H3,(H2,52,60)(H,54,62)(H,55,63)(H,56,61);1H/b11-9-;/t30-,36-,37+,38-,39?,40-,45+;/m0./s1. The van der Waals surface area contributed by atoms with Gasteiger partial charge in [0, 0.05) is 32.2 Å². The number of aliphatic hydroxyl groups is 1. The number of aliphatic hydroxyl groups excluding tert-OH is 1. The second-order valence-corrected chi connectivity index (χ2v) is 20.1. The highest BCUT2D eigenvalue weighted by atomic mass is 35.5. The summed E-state index contributed by atoms with van der Waals surface area (Å²) in [5.41, 5.74) is 18.4. The lowest BCUT2D eigenvalue weighted by Gasteiger charge is -2.35. The van der Waals surface area contributed by atoms with Crippen LogP contribution in [-0.4, -0.2) is 107 Å². The Morgan fingerprint density at radius 1 is 0.971 bits per heavy atom. The maximum Gasteiger partial charge on any atom is 0.246 e. The van der Waals surface area contributed by atoms with Gasteiger partial charge < -0.3 is 42.2 Å². The van der Waals surface area contributed by atoms with Gasteiger partial charge in [-0.1, -0.05) is 81.8 Å². The number of ether oxygens (including phenoxy) is 1. The van der Waals surface area contributed by atoms with Gasteiger partial charge in [-0.25, -0.2) is 4.98 Å². The van der Waals surface area contributed by atoms with Crippen LogP contribution in [0.4, 0.5) is 5.69 Å². The van der Waals surface area contributed by atoms with Crippen molar-refractivity contribution in [3.63, 3.8) is 0 Å². The number of allylic oxidation sites excluding steroid dienone is 1. The van der Waals surface area contributed by atoms with Crippen LogP contribution in [0.1, 0.15) is 114 Å². The van der Waals surface area contributed by atoms with Gasteiger partial charge in [0.1, 0.15) is 18.1 Å². The summed E-state index contributed by atoms with van der Waals surface area (Å²) >= 11 is 1.57. The lowest BCUT2D eigenvalue weighted by Crippen LogP contribution is -2.57. The number of nitrogens with zero attached hydrogens (tertiary/aromatic N) is 3. The number of anilines is 1. The Bertz CT molecular complexity index is 2280. The van der Waals surface area contributed by atoms with E-state index in [9.17, 15) is 33.9 Å². The van der Waals surface area contributed by atoms with Crippen LogP contribution >= 0.6 is 23.7 Å². The van der Waals surface area contributed by atoms with Crippen LogP contribution in [0.5, 0.6) is 0 Å². The Morgan fingerprint density at radius 3 is 2.38 bits per heavy atom. The van der Waals surface area contributed by atoms with Crippen molar-refractivity contribution < 1.29 is 38.6 Å². The highest BCUT2D eigenvalue weighted by Gasteiger charge is 2.45. The van der Waals surface area contributed by atoms with Crippen molar-refractivity contribution >= 4 is 64.9 Å². The molecule has 2 aromatic carbocycles. The fourth-order valence-electron chi connectivity index (χ4n) is 9.11. The molecular weight excluding hydrogens is 908 g/mol. The first-order valence-electron chi connectivity index (χ1n) is 23.5. The van der Waals surface area contributed by atoms with Crippen LogP contribution in [0, 0.1) is 12.3 Å². The molecule has 3 aliphatic rings. The van der Waals surface area contributed by atoms with Crippen molar-refractivity contribution in [1.29, 1.82) is 0 Å². The van der Waals surface area contributed by atoms with Gasteiger partial charge in [0.15, 0.2) is 0 Å². The number of likely N-dealkylation sites (tertiary alicyclic amines) is 1. The summed E-state index contributed by atoms with van der Waals surface area (Å²) in [5, 5.41) is 19.6. The Hall–Kier alpha value is -5.20. The lowest BCUT2D eigenvalue weighted by molar-refractivity contribution is -0.144. The molecule has 3 aromatic rings. The fraction of sp³-hybridized carbons (Fsp3) is 0.540. The molecule has 0 aliphatic carbocycles. The molecule has 370 valence electrons. The van der Waals surface area contributed by atoms with Gasteiger partial charge in [-0.2, -0.15) is 0 Å². The van der Waals surface area contributed by atoms with Crippen LogP contribution in [0.25, 0.3) is 10.4 Å². The van der Waals surface area contributed by atoms with Crippen LogP contribution in [0.3, 0.4) is 0 Å². The average Bonchev–Trinajstić information content (AvgIpc) is 4.00. The Labute approximate surface area is 409 Å². The third-order valence-electron chi connectivity index (χ3n) is 12.9. The first-order chi connectivity index (χ1) is 31.9. The molecule has 0 spiro atoms. The number of halogens is 1. The van der Waals surface area contributed by atoms with E-state index in [1.54, 1.807) is 16.2 Å². The molecule has 1 unspecified atom stereocenters. The third kappa shape index (κ3) is 13.7. The topological polar surface area (TPSA) is 239 Å². The van der Waals surface area contributed by atoms with E-state index < -0.39 is 53.5 Å². The van der Waals surface area contributed by atoms with E-state index in [1.807, 2.05) is 94.7 Å². The molecule has 7 atom stereocenters. The van der Waals surface area contributed by atoms with E-state index in [0.717, 1.165) is 57.8 Å². The first-order valence-corrected chi connectivity index (χ1v) is 24.4. The van der Waals surface area contributed by atoms with Crippen LogP contribution < -0.4 is 32.3 Å². The number of nitrogens with one attached hydrogen (secondary N) is 3. The molecular formula is C50H69ClN8O8S. The molecule has 0 saturated carbocycles. The minimum atomic E-state index is -0.905. The molecule has 8 N–H and O–H groups in total. The van der Waals surface area contributed by atoms with Crippen molar-refractivity contribution in [2.75, 3.05) is 24.7 Å². The van der Waals surface area contributed by atoms with Gasteiger partial charge >= 0.3 is 0 Å². The number of para-hydroxylation sites is 1. The molecule has 6 rings (SSSR count). The number of thiazole rings is 1. The van der Waals surface area contributed by atoms with Crippen molar-refractivity contribution in [2.45, 2.75) is 148 Å². The largest absolute Gasteiger partial charge is 0.391 e. The maximum atomic E-state index is 14.1. The van der Waals surface area contributed by atoms with Gasteiger partial charge in [-0.3, -0.25) is 33.7 Å². The molecule has 68 heavy (non-hydrogen) atoms. The quantitative estimate of drug-likeness (QED) is 0.0635. The van der Waals surface area contributed by atoms with Gasteiger partial charge in [0.05, 0.1) is 59.2 Å². The fourth-order valence-corrected chi connectivity index (χ4v) is 9.92. The minimum Gasteiger partial charge on any atom is -0.391 e. The number of nitrogens with two attached hydrogens (primary N) is 2. The predicted octanol–water partition coefficient (Wildman–Crippen LogP) is 4.72. The molecule has 16 nitrogen and oxygen atoms in total. The molecule has 1 fully saturated rings. The van der Waals surface area contributed by atoms with E-state index in [4.69, 9.17) is 16.2 Å². The molecule has 0 radical (unpaired) electrons. The Kier molecular flexibility index (Phi) is 19.3. The first kappa shape index (κ1) is 53.8. The Morgan fingerprint density at radius 2 is 1.69 bits per heavy atom. The third-order valence-corrected chi connectivity index (χ3v) is 13.8. The van der Waals surface area contributed by atoms with E-state index in [2.05, 4.69) is 20.9 Å². The number of hydrogen-bond acceptors (Lipinski definition) is 11. The number of carbonyl (C=O) groups excluding carboxylic acids is 6. The SMILES string of the molecule is Cc1ncsc1-c1ccc([C@H](C)NC(=O)C2C[C@@H](O)CN2C(=O)[C@@H](NC(=O)CCCCC/C=C\COC[C@H](CCC(N)=O)NC(=O)[C@@H]2Cc3cccc4c3N2C(=O)[C@@H](N)CC4)C(C)(C)C)cc1.Cl. The number of carbonyl (C=O) groups is 6. The molecule has 0 bridgehead atoms. The smallest absolute Gasteiger partial charge is 0.246 e. The molecule has 4 heterocycles. The van der Waals surface area contributed by atoms with Crippen molar-refractivity contribution in [2.24, 2.45) is 16.9 Å². The highest BCUT2D eigenvalue weighted by Crippen LogP contribution is 2.39. The molecule has 3 aliphatic heterocycles. The van der Waals surface area contributed by atoms with E-state index >= 15 is 0 Å². The second kappa shape index (κ2) is 24.4. The van der Waals surface area contributed by atoms with Crippen LogP contribution in [0.15, 0.2) is 60.1 Å². The number of aromatic nitrogens is 1. The summed E-state index contributed by atoms with van der Waals surface area (Å²) in [6.45, 7) is 9.86. The molecule has 1 saturated heterocycles. The number of unbranched alkanes of at least 4 members (excludes halogenated alkanes) is 3. The van der Waals surface area contributed by atoms with Gasteiger partial charge in [0.2, 0.25) is 35.4 Å². The van der Waals surface area contributed by atoms with E-state index in [0.29, 0.717) is 25.7 Å². The van der Waals surface area contributed by atoms with Crippen molar-refractivity contribution in [3.8, 4) is 10.4 Å². The summed E-state index contributed by atoms with van der Waals surface area (Å²) in [5.74, 6) is -2.12. The Balaban J connectivity index is 0.00000864.